The molecule has 0 radical (unpaired) electrons. The first-order chi connectivity index (χ1) is 13.4. The Balaban J connectivity index is 0. The number of carbonyl (C=O) groups excluding carboxylic acids is 2. The largest absolute Gasteiger partial charge is 0.294 e. The lowest BCUT2D eigenvalue weighted by Gasteiger charge is -2.24. The number of halogens is 2. The van der Waals surface area contributed by atoms with Gasteiger partial charge in [-0.3, -0.25) is 9.59 Å². The normalized spacial score (nSPS) is 18.1. The van der Waals surface area contributed by atoms with Crippen molar-refractivity contribution in [2.24, 2.45) is 5.92 Å². The monoisotopic (exact) mass is 538 g/mol. The lowest BCUT2D eigenvalue weighted by molar-refractivity contribution is -0.126. The van der Waals surface area contributed by atoms with Gasteiger partial charge in [0.25, 0.3) is 0 Å². The molecule has 0 aliphatic heterocycles. The van der Waals surface area contributed by atoms with E-state index in [1.165, 1.54) is 56.7 Å². The first kappa shape index (κ1) is 30.3. The molecule has 1 unspecified atom stereocenters. The lowest BCUT2D eigenvalue weighted by atomic mass is 9.79. The third-order valence-electron chi connectivity index (χ3n) is 4.67. The summed E-state index contributed by atoms with van der Waals surface area (Å²) in [7, 11) is 0. The maximum Gasteiger partial charge on any atom is 0.166 e. The fraction of sp³-hybridized carbons (Fsp3) is 0.739. The van der Waals surface area contributed by atoms with Crippen molar-refractivity contribution >= 4 is 55.2 Å². The first-order valence-corrected chi connectivity index (χ1v) is 14.1. The molecule has 1 aliphatic carbocycles. The Hall–Kier alpha value is 0.130. The lowest BCUT2D eigenvalue weighted by Crippen LogP contribution is -2.29. The van der Waals surface area contributed by atoms with Crippen molar-refractivity contribution in [3.05, 3.63) is 21.5 Å². The summed E-state index contributed by atoms with van der Waals surface area (Å²) in [6, 6.07) is 0. The van der Waals surface area contributed by atoms with Gasteiger partial charge in [-0.2, -0.15) is 0 Å². The molecule has 0 heterocycles. The number of alkyl halides is 1. The van der Waals surface area contributed by atoms with Crippen molar-refractivity contribution in [2.45, 2.75) is 91.4 Å². The van der Waals surface area contributed by atoms with Gasteiger partial charge in [-0.15, -0.1) is 11.8 Å². The van der Waals surface area contributed by atoms with E-state index in [1.54, 1.807) is 0 Å². The Kier molecular flexibility index (Phi) is 22.1. The smallest absolute Gasteiger partial charge is 0.166 e. The van der Waals surface area contributed by atoms with Crippen molar-refractivity contribution in [1.82, 2.24) is 0 Å². The van der Waals surface area contributed by atoms with E-state index in [1.807, 2.05) is 12.1 Å². The van der Waals surface area contributed by atoms with E-state index >= 15 is 0 Å². The molecule has 1 fully saturated rings. The molecule has 0 amide bonds. The summed E-state index contributed by atoms with van der Waals surface area (Å²) >= 11 is 7.71. The number of hydrogen-bond donors (Lipinski definition) is 0. The van der Waals surface area contributed by atoms with Crippen LogP contribution in [0.25, 0.3) is 0 Å². The fourth-order valence-corrected chi connectivity index (χ4v) is 3.92. The van der Waals surface area contributed by atoms with Crippen LogP contribution in [0.2, 0.25) is 0 Å². The van der Waals surface area contributed by atoms with Crippen molar-refractivity contribution < 1.29 is 9.59 Å². The number of rotatable bonds is 10. The molecule has 0 saturated heterocycles. The fourth-order valence-electron chi connectivity index (χ4n) is 3.01. The summed E-state index contributed by atoms with van der Waals surface area (Å²) in [5.74, 6) is 1.76. The number of thioether (sulfide) groups is 1. The highest BCUT2D eigenvalue weighted by atomic mass is 79.9. The Bertz CT molecular complexity index is 483. The van der Waals surface area contributed by atoms with Crippen LogP contribution < -0.4 is 0 Å². The molecule has 0 spiro atoms. The van der Waals surface area contributed by atoms with Crippen LogP contribution in [0.4, 0.5) is 0 Å². The molecular formula is C23H40Br2O2S. The minimum atomic E-state index is -0.150. The summed E-state index contributed by atoms with van der Waals surface area (Å²) in [6.07, 6.45) is 14.6. The minimum absolute atomic E-state index is 0.0475. The SMILES string of the molecule is C=C1C(=O)C(CCCCCC)CC(=O)/C1=C(\Br)SC.CBr.CCCCCCC. The predicted octanol–water partition coefficient (Wildman–Crippen LogP) is 8.63. The summed E-state index contributed by atoms with van der Waals surface area (Å²) in [5.41, 5.74) is 0.875. The summed E-state index contributed by atoms with van der Waals surface area (Å²) in [5, 5.41) is 0. The molecule has 5 heteroatoms. The van der Waals surface area contributed by atoms with Crippen LogP contribution in [0.5, 0.6) is 0 Å². The van der Waals surface area contributed by atoms with Gasteiger partial charge < -0.3 is 0 Å². The second-order valence-electron chi connectivity index (χ2n) is 6.93. The van der Waals surface area contributed by atoms with Gasteiger partial charge >= 0.3 is 0 Å². The van der Waals surface area contributed by atoms with Gasteiger partial charge in [0.1, 0.15) is 0 Å². The number of allylic oxidation sites excluding steroid dienone is 2. The third kappa shape index (κ3) is 12.6. The van der Waals surface area contributed by atoms with Crippen LogP contribution in [0.15, 0.2) is 21.5 Å². The Morgan fingerprint density at radius 2 is 1.43 bits per heavy atom. The number of hydrogen-bond acceptors (Lipinski definition) is 3. The average Bonchev–Trinajstić information content (AvgIpc) is 2.71. The van der Waals surface area contributed by atoms with Gasteiger partial charge in [-0.05, 0) is 34.4 Å². The van der Waals surface area contributed by atoms with Crippen LogP contribution in [0.1, 0.15) is 91.4 Å². The highest BCUT2D eigenvalue weighted by Gasteiger charge is 2.34. The van der Waals surface area contributed by atoms with Gasteiger partial charge in [0.15, 0.2) is 11.6 Å². The topological polar surface area (TPSA) is 34.1 Å². The number of Topliss-reactive ketones (excluding diaryl/α,β-unsaturated/α-hetero) is 2. The van der Waals surface area contributed by atoms with Crippen LogP contribution >= 0.6 is 43.6 Å². The molecule has 0 bridgehead atoms. The van der Waals surface area contributed by atoms with E-state index in [9.17, 15) is 9.59 Å². The predicted molar refractivity (Wildman–Crippen MR) is 135 cm³/mol. The zero-order chi connectivity index (χ0) is 21.9. The molecular weight excluding hydrogens is 500 g/mol. The third-order valence-corrected chi connectivity index (χ3v) is 6.60. The molecule has 164 valence electrons. The second kappa shape index (κ2) is 20.4. The van der Waals surface area contributed by atoms with Crippen LogP contribution in [-0.4, -0.2) is 23.7 Å². The van der Waals surface area contributed by atoms with E-state index in [-0.39, 0.29) is 17.5 Å². The van der Waals surface area contributed by atoms with Gasteiger partial charge in [0, 0.05) is 23.5 Å². The molecule has 1 atom stereocenters. The van der Waals surface area contributed by atoms with Crippen molar-refractivity contribution in [3.63, 3.8) is 0 Å². The average molecular weight is 540 g/mol. The molecule has 2 nitrogen and oxygen atoms in total. The van der Waals surface area contributed by atoms with E-state index in [2.05, 4.69) is 59.2 Å². The van der Waals surface area contributed by atoms with Crippen molar-refractivity contribution in [2.75, 3.05) is 12.1 Å². The standard InChI is InChI=1S/C15H21BrO2S.C7H16.CH3Br/c1-4-5-6-7-8-11-9-12(17)13(15(16)19-3)10(2)14(11)18;1-3-5-7-6-4-2;1-2/h11H,2,4-9H2,1,3H3;3-7H2,1-2H3;1H3/b15-13+;;. The van der Waals surface area contributed by atoms with Crippen LogP contribution in [0.3, 0.4) is 0 Å². The Morgan fingerprint density at radius 3 is 1.86 bits per heavy atom. The summed E-state index contributed by atoms with van der Waals surface area (Å²) in [6.45, 7) is 10.5. The first-order valence-electron chi connectivity index (χ1n) is 10.5. The zero-order valence-corrected chi connectivity index (χ0v) is 22.5. The quantitative estimate of drug-likeness (QED) is 0.158. The highest BCUT2D eigenvalue weighted by Crippen LogP contribution is 2.36. The molecule has 0 aromatic heterocycles. The van der Waals surface area contributed by atoms with Crippen molar-refractivity contribution in [1.29, 1.82) is 0 Å². The summed E-state index contributed by atoms with van der Waals surface area (Å²) < 4.78 is 0.722. The van der Waals surface area contributed by atoms with E-state index < -0.39 is 0 Å². The van der Waals surface area contributed by atoms with Gasteiger partial charge in [0.05, 0.1) is 3.81 Å². The zero-order valence-electron chi connectivity index (χ0n) is 18.5. The Labute approximate surface area is 195 Å². The molecule has 1 rings (SSSR count). The van der Waals surface area contributed by atoms with Gasteiger partial charge in [-0.25, -0.2) is 0 Å². The van der Waals surface area contributed by atoms with Crippen LogP contribution in [0, 0.1) is 5.92 Å². The number of unbranched alkanes of at least 4 members (excludes halogenated alkanes) is 7. The molecule has 0 aromatic carbocycles. The highest BCUT2D eigenvalue weighted by molar-refractivity contribution is 9.14. The minimum Gasteiger partial charge on any atom is -0.294 e. The maximum absolute atomic E-state index is 12.2. The van der Waals surface area contributed by atoms with Gasteiger partial charge in [-0.1, -0.05) is 101 Å². The molecule has 0 aromatic rings. The van der Waals surface area contributed by atoms with Gasteiger partial charge in [0.2, 0.25) is 0 Å². The second-order valence-corrected chi connectivity index (χ2v) is 9.06. The van der Waals surface area contributed by atoms with Crippen LogP contribution in [-0.2, 0) is 9.59 Å². The molecule has 1 saturated carbocycles. The summed E-state index contributed by atoms with van der Waals surface area (Å²) in [4.78, 5) is 24.4. The number of ketones is 2. The molecule has 1 aliphatic rings. The maximum atomic E-state index is 12.2. The van der Waals surface area contributed by atoms with E-state index in [0.717, 1.165) is 23.1 Å². The van der Waals surface area contributed by atoms with E-state index in [4.69, 9.17) is 0 Å². The number of carbonyl (C=O) groups is 2. The molecule has 28 heavy (non-hydrogen) atoms. The Morgan fingerprint density at radius 1 is 0.964 bits per heavy atom. The van der Waals surface area contributed by atoms with Crippen molar-refractivity contribution in [3.8, 4) is 0 Å². The molecule has 0 N–H and O–H groups in total. The van der Waals surface area contributed by atoms with E-state index in [0.29, 0.717) is 17.6 Å².